The van der Waals surface area contributed by atoms with E-state index in [0.29, 0.717) is 16.5 Å². The first kappa shape index (κ1) is 15.7. The summed E-state index contributed by atoms with van der Waals surface area (Å²) in [6.45, 7) is 0. The number of carbonyl (C=O) groups excluding carboxylic acids is 1. The first-order valence-electron chi connectivity index (χ1n) is 6.47. The Bertz CT molecular complexity index is 636. The van der Waals surface area contributed by atoms with Crippen LogP contribution in [-0.2, 0) is 11.2 Å². The van der Waals surface area contributed by atoms with Gasteiger partial charge in [0.25, 0.3) is 0 Å². The van der Waals surface area contributed by atoms with E-state index in [1.807, 2.05) is 24.3 Å². The molecule has 2 rings (SSSR count). The molecule has 0 spiro atoms. The maximum atomic E-state index is 11.9. The second-order valence-corrected chi connectivity index (χ2v) is 5.78. The molecule has 0 radical (unpaired) electrons. The van der Waals surface area contributed by atoms with Gasteiger partial charge in [-0.3, -0.25) is 4.79 Å². The van der Waals surface area contributed by atoms with Crippen molar-refractivity contribution in [3.05, 3.63) is 58.1 Å². The van der Waals surface area contributed by atoms with Crippen LogP contribution >= 0.6 is 23.2 Å². The Hall–Kier alpha value is -1.71. The zero-order valence-corrected chi connectivity index (χ0v) is 13.4. The molecule has 2 aromatic carbocycles. The van der Waals surface area contributed by atoms with Gasteiger partial charge in [-0.25, -0.2) is 0 Å². The molecule has 3 nitrogen and oxygen atoms in total. The SMILES string of the molecule is CN(C)C(=O)Cc1ccccc1Nc1cc(Cl)cc(Cl)c1. The van der Waals surface area contributed by atoms with E-state index in [0.717, 1.165) is 16.9 Å². The summed E-state index contributed by atoms with van der Waals surface area (Å²) in [7, 11) is 3.49. The van der Waals surface area contributed by atoms with Gasteiger partial charge in [-0.05, 0) is 29.8 Å². The summed E-state index contributed by atoms with van der Waals surface area (Å²) in [5.74, 6) is 0.0494. The fraction of sp³-hybridized carbons (Fsp3) is 0.188. The van der Waals surface area contributed by atoms with Crippen LogP contribution in [0, 0.1) is 0 Å². The van der Waals surface area contributed by atoms with Crippen LogP contribution in [0.5, 0.6) is 0 Å². The van der Waals surface area contributed by atoms with Gasteiger partial charge < -0.3 is 10.2 Å². The third-order valence-corrected chi connectivity index (χ3v) is 3.44. The minimum absolute atomic E-state index is 0.0494. The Labute approximate surface area is 134 Å². The molecule has 0 aliphatic heterocycles. The van der Waals surface area contributed by atoms with Crippen LogP contribution in [0.1, 0.15) is 5.56 Å². The van der Waals surface area contributed by atoms with Crippen molar-refractivity contribution in [2.75, 3.05) is 19.4 Å². The van der Waals surface area contributed by atoms with E-state index in [1.54, 1.807) is 37.2 Å². The summed E-state index contributed by atoms with van der Waals surface area (Å²) < 4.78 is 0. The maximum absolute atomic E-state index is 11.9. The lowest BCUT2D eigenvalue weighted by Crippen LogP contribution is -2.23. The molecular formula is C16H16Cl2N2O. The van der Waals surface area contributed by atoms with Crippen LogP contribution in [0.3, 0.4) is 0 Å². The van der Waals surface area contributed by atoms with Crippen LogP contribution in [0.25, 0.3) is 0 Å². The molecule has 0 unspecified atom stereocenters. The maximum Gasteiger partial charge on any atom is 0.226 e. The van der Waals surface area contributed by atoms with Crippen molar-refractivity contribution in [3.8, 4) is 0 Å². The molecule has 1 amide bonds. The molecule has 0 saturated heterocycles. The van der Waals surface area contributed by atoms with Crippen LogP contribution in [0.15, 0.2) is 42.5 Å². The number of nitrogens with zero attached hydrogens (tertiary/aromatic N) is 1. The molecule has 0 atom stereocenters. The number of hydrogen-bond donors (Lipinski definition) is 1. The smallest absolute Gasteiger partial charge is 0.226 e. The zero-order valence-electron chi connectivity index (χ0n) is 11.9. The lowest BCUT2D eigenvalue weighted by molar-refractivity contribution is -0.127. The van der Waals surface area contributed by atoms with Crippen LogP contribution in [-0.4, -0.2) is 24.9 Å². The number of carbonyl (C=O) groups is 1. The highest BCUT2D eigenvalue weighted by atomic mass is 35.5. The minimum Gasteiger partial charge on any atom is -0.355 e. The fourth-order valence-corrected chi connectivity index (χ4v) is 2.42. The average molecular weight is 323 g/mol. The summed E-state index contributed by atoms with van der Waals surface area (Å²) in [6.07, 6.45) is 0.338. The summed E-state index contributed by atoms with van der Waals surface area (Å²) in [4.78, 5) is 13.5. The van der Waals surface area contributed by atoms with Crippen molar-refractivity contribution in [1.29, 1.82) is 0 Å². The predicted octanol–water partition coefficient (Wildman–Crippen LogP) is 4.37. The lowest BCUT2D eigenvalue weighted by Gasteiger charge is -2.15. The Morgan fingerprint density at radius 3 is 2.33 bits per heavy atom. The molecule has 0 aromatic heterocycles. The molecule has 110 valence electrons. The standard InChI is InChI=1S/C16H16Cl2N2O/c1-20(2)16(21)7-11-5-3-4-6-15(11)19-14-9-12(17)8-13(18)10-14/h3-6,8-10,19H,7H2,1-2H3. The van der Waals surface area contributed by atoms with E-state index in [1.165, 1.54) is 0 Å². The van der Waals surface area contributed by atoms with Crippen molar-refractivity contribution in [2.24, 2.45) is 0 Å². The highest BCUT2D eigenvalue weighted by Crippen LogP contribution is 2.27. The second kappa shape index (κ2) is 6.83. The van der Waals surface area contributed by atoms with Crippen molar-refractivity contribution in [2.45, 2.75) is 6.42 Å². The first-order chi connectivity index (χ1) is 9.95. The number of halogens is 2. The van der Waals surface area contributed by atoms with E-state index in [4.69, 9.17) is 23.2 Å². The van der Waals surface area contributed by atoms with E-state index >= 15 is 0 Å². The number of likely N-dealkylation sites (N-methyl/N-ethyl adjacent to an activating group) is 1. The molecular weight excluding hydrogens is 307 g/mol. The van der Waals surface area contributed by atoms with Gasteiger partial charge in [-0.2, -0.15) is 0 Å². The van der Waals surface area contributed by atoms with Crippen LogP contribution in [0.2, 0.25) is 10.0 Å². The second-order valence-electron chi connectivity index (χ2n) is 4.91. The topological polar surface area (TPSA) is 32.3 Å². The lowest BCUT2D eigenvalue weighted by atomic mass is 10.1. The summed E-state index contributed by atoms with van der Waals surface area (Å²) >= 11 is 12.0. The number of para-hydroxylation sites is 1. The van der Waals surface area contributed by atoms with Crippen LogP contribution in [0.4, 0.5) is 11.4 Å². The number of rotatable bonds is 4. The van der Waals surface area contributed by atoms with Crippen molar-refractivity contribution < 1.29 is 4.79 Å². The highest BCUT2D eigenvalue weighted by molar-refractivity contribution is 6.35. The van der Waals surface area contributed by atoms with Crippen molar-refractivity contribution in [1.82, 2.24) is 4.90 Å². The van der Waals surface area contributed by atoms with Crippen LogP contribution < -0.4 is 5.32 Å². The molecule has 0 heterocycles. The Morgan fingerprint density at radius 1 is 1.10 bits per heavy atom. The number of nitrogens with one attached hydrogen (secondary N) is 1. The third kappa shape index (κ3) is 4.38. The molecule has 0 fully saturated rings. The van der Waals surface area contributed by atoms with Crippen molar-refractivity contribution in [3.63, 3.8) is 0 Å². The normalized spacial score (nSPS) is 10.3. The van der Waals surface area contributed by atoms with Gasteiger partial charge in [0.2, 0.25) is 5.91 Å². The summed E-state index contributed by atoms with van der Waals surface area (Å²) in [5, 5.41) is 4.38. The van der Waals surface area contributed by atoms with Gasteiger partial charge in [0.1, 0.15) is 0 Å². The minimum atomic E-state index is 0.0494. The number of hydrogen-bond acceptors (Lipinski definition) is 2. The van der Waals surface area contributed by atoms with Gasteiger partial charge >= 0.3 is 0 Å². The summed E-state index contributed by atoms with van der Waals surface area (Å²) in [6, 6.07) is 12.9. The van der Waals surface area contributed by atoms with E-state index < -0.39 is 0 Å². The Balaban J connectivity index is 2.25. The van der Waals surface area contributed by atoms with E-state index in [2.05, 4.69) is 5.32 Å². The highest BCUT2D eigenvalue weighted by Gasteiger charge is 2.10. The average Bonchev–Trinajstić information content (AvgIpc) is 2.39. The van der Waals surface area contributed by atoms with Crippen molar-refractivity contribution >= 4 is 40.5 Å². The molecule has 2 aromatic rings. The predicted molar refractivity (Wildman–Crippen MR) is 88.6 cm³/mol. The first-order valence-corrected chi connectivity index (χ1v) is 7.22. The molecule has 0 bridgehead atoms. The Kier molecular flexibility index (Phi) is 5.10. The fourth-order valence-electron chi connectivity index (χ4n) is 1.90. The molecule has 21 heavy (non-hydrogen) atoms. The van der Waals surface area contributed by atoms with Gasteiger partial charge in [-0.1, -0.05) is 41.4 Å². The monoisotopic (exact) mass is 322 g/mol. The number of amides is 1. The molecule has 1 N–H and O–H groups in total. The Morgan fingerprint density at radius 2 is 1.71 bits per heavy atom. The number of anilines is 2. The third-order valence-electron chi connectivity index (χ3n) is 3.00. The molecule has 0 aliphatic rings. The largest absolute Gasteiger partial charge is 0.355 e. The van der Waals surface area contributed by atoms with Gasteiger partial charge in [0.05, 0.1) is 6.42 Å². The quantitative estimate of drug-likeness (QED) is 0.906. The number of benzene rings is 2. The molecule has 5 heteroatoms. The van der Waals surface area contributed by atoms with Gasteiger partial charge in [-0.15, -0.1) is 0 Å². The van der Waals surface area contributed by atoms with Gasteiger partial charge in [0.15, 0.2) is 0 Å². The van der Waals surface area contributed by atoms with Gasteiger partial charge in [0, 0.05) is 35.5 Å². The summed E-state index contributed by atoms with van der Waals surface area (Å²) in [5.41, 5.74) is 2.58. The molecule has 0 saturated carbocycles. The molecule has 0 aliphatic carbocycles. The van der Waals surface area contributed by atoms with E-state index in [-0.39, 0.29) is 5.91 Å². The zero-order chi connectivity index (χ0) is 15.4. The van der Waals surface area contributed by atoms with E-state index in [9.17, 15) is 4.79 Å².